The van der Waals surface area contributed by atoms with Crippen molar-refractivity contribution in [1.82, 2.24) is 19.9 Å². The highest BCUT2D eigenvalue weighted by Gasteiger charge is 2.34. The van der Waals surface area contributed by atoms with Gasteiger partial charge in [-0.1, -0.05) is 11.6 Å². The Bertz CT molecular complexity index is 1290. The second-order valence-electron chi connectivity index (χ2n) is 8.01. The molecule has 2 aromatic carbocycles. The number of halogens is 2. The Morgan fingerprint density at radius 3 is 2.78 bits per heavy atom. The first-order valence-corrected chi connectivity index (χ1v) is 10.8. The zero-order valence-corrected chi connectivity index (χ0v) is 18.1. The van der Waals surface area contributed by atoms with Crippen LogP contribution in [0.5, 0.6) is 0 Å². The molecule has 1 saturated heterocycles. The van der Waals surface area contributed by atoms with Crippen LogP contribution in [0.2, 0.25) is 5.02 Å². The first-order chi connectivity index (χ1) is 15.5. The van der Waals surface area contributed by atoms with E-state index in [4.69, 9.17) is 16.0 Å². The van der Waals surface area contributed by atoms with Crippen molar-refractivity contribution in [1.29, 1.82) is 0 Å². The summed E-state index contributed by atoms with van der Waals surface area (Å²) in [7, 11) is 0. The summed E-state index contributed by atoms with van der Waals surface area (Å²) in [5.41, 5.74) is 2.10. The molecule has 1 aliphatic rings. The van der Waals surface area contributed by atoms with Gasteiger partial charge in [-0.3, -0.25) is 4.79 Å². The zero-order valence-electron chi connectivity index (χ0n) is 17.3. The van der Waals surface area contributed by atoms with E-state index >= 15 is 0 Å². The fourth-order valence-corrected chi connectivity index (χ4v) is 4.33. The monoisotopic (exact) mass is 450 g/mol. The molecule has 3 heterocycles. The van der Waals surface area contributed by atoms with Crippen LogP contribution in [0.25, 0.3) is 22.5 Å². The van der Waals surface area contributed by atoms with E-state index in [1.165, 1.54) is 12.1 Å². The minimum atomic E-state index is -0.481. The molecule has 1 fully saturated rings. The highest BCUT2D eigenvalue weighted by molar-refractivity contribution is 6.31. The van der Waals surface area contributed by atoms with Gasteiger partial charge in [-0.2, -0.15) is 0 Å². The van der Waals surface area contributed by atoms with Gasteiger partial charge in [-0.25, -0.2) is 19.3 Å². The Balaban J connectivity index is 1.47. The van der Waals surface area contributed by atoms with Gasteiger partial charge in [-0.15, -0.1) is 0 Å². The van der Waals surface area contributed by atoms with E-state index in [2.05, 4.69) is 15.0 Å². The van der Waals surface area contributed by atoms with Crippen molar-refractivity contribution in [3.63, 3.8) is 0 Å². The Labute approximate surface area is 189 Å². The standard InChI is InChI=1S/C24H20ClFN4O2/c1-14-3-4-15(23-29-20-8-5-16(25)11-21(20)32-23)13-30(14)24(31)19-12-17(26)6-7-18(19)22-27-9-2-10-28-22/h2,5-12,14-15H,3-4,13H2,1H3/t14-,15-/m1/s1. The number of rotatable bonds is 3. The third kappa shape index (κ3) is 3.84. The Kier molecular flexibility index (Phi) is 5.35. The molecule has 0 saturated carbocycles. The van der Waals surface area contributed by atoms with Crippen molar-refractivity contribution < 1.29 is 13.6 Å². The second-order valence-corrected chi connectivity index (χ2v) is 8.44. The number of hydrogen-bond donors (Lipinski definition) is 0. The van der Waals surface area contributed by atoms with Crippen LogP contribution in [0.15, 0.2) is 59.3 Å². The number of nitrogens with zero attached hydrogens (tertiary/aromatic N) is 4. The number of hydrogen-bond acceptors (Lipinski definition) is 5. The topological polar surface area (TPSA) is 72.1 Å². The quantitative estimate of drug-likeness (QED) is 0.413. The van der Waals surface area contributed by atoms with Gasteiger partial charge in [-0.05, 0) is 56.2 Å². The van der Waals surface area contributed by atoms with E-state index in [1.54, 1.807) is 41.6 Å². The molecule has 0 spiro atoms. The van der Waals surface area contributed by atoms with Gasteiger partial charge in [0, 0.05) is 41.6 Å². The summed E-state index contributed by atoms with van der Waals surface area (Å²) in [5, 5.41) is 0.580. The lowest BCUT2D eigenvalue weighted by atomic mass is 9.92. The maximum atomic E-state index is 14.1. The number of likely N-dealkylation sites (tertiary alicyclic amines) is 1. The van der Waals surface area contributed by atoms with Gasteiger partial charge < -0.3 is 9.32 Å². The molecule has 0 aliphatic carbocycles. The Morgan fingerprint density at radius 2 is 1.97 bits per heavy atom. The van der Waals surface area contributed by atoms with Crippen molar-refractivity contribution in [2.45, 2.75) is 31.7 Å². The van der Waals surface area contributed by atoms with Crippen LogP contribution in [-0.4, -0.2) is 38.3 Å². The molecule has 2 aromatic heterocycles. The first kappa shape index (κ1) is 20.6. The Hall–Kier alpha value is -3.32. The van der Waals surface area contributed by atoms with Crippen molar-refractivity contribution in [2.75, 3.05) is 6.54 Å². The van der Waals surface area contributed by atoms with Crippen molar-refractivity contribution in [2.24, 2.45) is 0 Å². The lowest BCUT2D eigenvalue weighted by Gasteiger charge is -2.37. The number of carbonyl (C=O) groups excluding carboxylic acids is 1. The van der Waals surface area contributed by atoms with E-state index in [0.717, 1.165) is 18.4 Å². The van der Waals surface area contributed by atoms with Gasteiger partial charge in [0.15, 0.2) is 17.3 Å². The molecule has 8 heteroatoms. The lowest BCUT2D eigenvalue weighted by Crippen LogP contribution is -2.45. The molecular formula is C24H20ClFN4O2. The molecule has 6 nitrogen and oxygen atoms in total. The van der Waals surface area contributed by atoms with E-state index in [0.29, 0.717) is 34.4 Å². The highest BCUT2D eigenvalue weighted by atomic mass is 35.5. The molecule has 5 rings (SSSR count). The van der Waals surface area contributed by atoms with Gasteiger partial charge in [0.05, 0.1) is 11.5 Å². The number of benzene rings is 2. The van der Waals surface area contributed by atoms with Crippen LogP contribution in [0.1, 0.15) is 41.9 Å². The molecule has 0 N–H and O–H groups in total. The Morgan fingerprint density at radius 1 is 1.16 bits per heavy atom. The summed E-state index contributed by atoms with van der Waals surface area (Å²) in [6.07, 6.45) is 4.81. The molecular weight excluding hydrogens is 431 g/mol. The van der Waals surface area contributed by atoms with E-state index in [-0.39, 0.29) is 23.4 Å². The molecule has 0 unspecified atom stereocenters. The fraction of sp³-hybridized carbons (Fsp3) is 0.250. The average molecular weight is 451 g/mol. The van der Waals surface area contributed by atoms with Crippen LogP contribution in [0.4, 0.5) is 4.39 Å². The summed E-state index contributed by atoms with van der Waals surface area (Å²) < 4.78 is 20.1. The van der Waals surface area contributed by atoms with Crippen LogP contribution >= 0.6 is 11.6 Å². The number of aromatic nitrogens is 3. The third-order valence-electron chi connectivity index (χ3n) is 5.88. The van der Waals surface area contributed by atoms with Gasteiger partial charge in [0.1, 0.15) is 11.3 Å². The third-order valence-corrected chi connectivity index (χ3v) is 6.11. The average Bonchev–Trinajstić information content (AvgIpc) is 3.22. The smallest absolute Gasteiger partial charge is 0.254 e. The van der Waals surface area contributed by atoms with Gasteiger partial charge in [0.2, 0.25) is 0 Å². The molecule has 162 valence electrons. The summed E-state index contributed by atoms with van der Waals surface area (Å²) in [6, 6.07) is 11.1. The lowest BCUT2D eigenvalue weighted by molar-refractivity contribution is 0.0598. The van der Waals surface area contributed by atoms with Crippen molar-refractivity contribution in [3.05, 3.63) is 77.2 Å². The number of carbonyl (C=O) groups is 1. The molecule has 1 aliphatic heterocycles. The zero-order chi connectivity index (χ0) is 22.2. The molecule has 1 amide bonds. The van der Waals surface area contributed by atoms with Crippen LogP contribution in [0, 0.1) is 5.82 Å². The summed E-state index contributed by atoms with van der Waals surface area (Å²) in [5.74, 6) is 0.158. The predicted molar refractivity (Wildman–Crippen MR) is 119 cm³/mol. The van der Waals surface area contributed by atoms with E-state index in [1.807, 2.05) is 13.0 Å². The molecule has 2 atom stereocenters. The van der Waals surface area contributed by atoms with Crippen molar-refractivity contribution >= 4 is 28.6 Å². The molecule has 0 bridgehead atoms. The molecule has 32 heavy (non-hydrogen) atoms. The molecule has 0 radical (unpaired) electrons. The molecule has 4 aromatic rings. The number of fused-ring (bicyclic) bond motifs is 1. The van der Waals surface area contributed by atoms with Crippen LogP contribution in [-0.2, 0) is 0 Å². The maximum absolute atomic E-state index is 14.1. The SMILES string of the molecule is C[C@@H]1CC[C@@H](c2nc3ccc(Cl)cc3o2)CN1C(=O)c1cc(F)ccc1-c1ncccn1. The minimum absolute atomic E-state index is 0.00891. The largest absolute Gasteiger partial charge is 0.440 e. The first-order valence-electron chi connectivity index (χ1n) is 10.4. The summed E-state index contributed by atoms with van der Waals surface area (Å²) in [6.45, 7) is 2.42. The predicted octanol–water partition coefficient (Wildman–Crippen LogP) is 5.49. The summed E-state index contributed by atoms with van der Waals surface area (Å²) in [4.78, 5) is 28.4. The van der Waals surface area contributed by atoms with Gasteiger partial charge in [0.25, 0.3) is 5.91 Å². The maximum Gasteiger partial charge on any atom is 0.254 e. The van der Waals surface area contributed by atoms with E-state index < -0.39 is 5.82 Å². The van der Waals surface area contributed by atoms with Crippen molar-refractivity contribution in [3.8, 4) is 11.4 Å². The van der Waals surface area contributed by atoms with Gasteiger partial charge >= 0.3 is 0 Å². The number of amides is 1. The second kappa shape index (κ2) is 8.31. The fourth-order valence-electron chi connectivity index (χ4n) is 4.16. The normalized spacial score (nSPS) is 18.8. The number of oxazole rings is 1. The van der Waals surface area contributed by atoms with Crippen LogP contribution in [0.3, 0.4) is 0 Å². The van der Waals surface area contributed by atoms with Crippen LogP contribution < -0.4 is 0 Å². The minimum Gasteiger partial charge on any atom is -0.440 e. The summed E-state index contributed by atoms with van der Waals surface area (Å²) >= 11 is 6.06. The van der Waals surface area contributed by atoms with E-state index in [9.17, 15) is 9.18 Å². The highest BCUT2D eigenvalue weighted by Crippen LogP contribution is 2.34. The number of piperidine rings is 1.